The molecule has 0 heterocycles. The molecule has 3 N–H and O–H groups in total. The highest BCUT2D eigenvalue weighted by atomic mass is 16.5. The molecule has 0 amide bonds. The van der Waals surface area contributed by atoms with Crippen LogP contribution in [0.15, 0.2) is 29.3 Å². The summed E-state index contributed by atoms with van der Waals surface area (Å²) in [4.78, 5) is 4.59. The Morgan fingerprint density at radius 1 is 1.26 bits per heavy atom. The van der Waals surface area contributed by atoms with Crippen LogP contribution in [0.1, 0.15) is 39.0 Å². The Balaban J connectivity index is 1.90. The van der Waals surface area contributed by atoms with Gasteiger partial charge in [0, 0.05) is 25.4 Å². The molecule has 5 nitrogen and oxygen atoms in total. The minimum absolute atomic E-state index is 0.265. The third-order valence-electron chi connectivity index (χ3n) is 4.59. The van der Waals surface area contributed by atoms with Gasteiger partial charge in [0.1, 0.15) is 5.75 Å². The van der Waals surface area contributed by atoms with Crippen molar-refractivity contribution in [3.8, 4) is 5.75 Å². The van der Waals surface area contributed by atoms with Crippen molar-refractivity contribution in [2.75, 3.05) is 32.2 Å². The Morgan fingerprint density at radius 2 is 1.96 bits per heavy atom. The number of nitrogens with zero attached hydrogens (tertiary/aromatic N) is 1. The Kier molecular flexibility index (Phi) is 6.71. The number of nitrogens with two attached hydrogens (primary N) is 1. The zero-order valence-electron chi connectivity index (χ0n) is 14.3. The zero-order valence-corrected chi connectivity index (χ0v) is 14.3. The van der Waals surface area contributed by atoms with Crippen LogP contribution in [0.5, 0.6) is 5.75 Å². The van der Waals surface area contributed by atoms with Crippen LogP contribution in [0.25, 0.3) is 0 Å². The SMILES string of the molecule is CCOCCC1(CN=C(N)Nc2ccc(OC)cc2)CCCC1. The van der Waals surface area contributed by atoms with Gasteiger partial charge in [-0.1, -0.05) is 12.8 Å². The van der Waals surface area contributed by atoms with E-state index in [9.17, 15) is 0 Å². The summed E-state index contributed by atoms with van der Waals surface area (Å²) in [5.41, 5.74) is 7.23. The minimum Gasteiger partial charge on any atom is -0.497 e. The highest BCUT2D eigenvalue weighted by Crippen LogP contribution is 2.41. The first-order valence-electron chi connectivity index (χ1n) is 8.46. The third-order valence-corrected chi connectivity index (χ3v) is 4.59. The van der Waals surface area contributed by atoms with Crippen LogP contribution < -0.4 is 15.8 Å². The maximum Gasteiger partial charge on any atom is 0.193 e. The number of hydrogen-bond acceptors (Lipinski definition) is 3. The van der Waals surface area contributed by atoms with Gasteiger partial charge in [-0.2, -0.15) is 0 Å². The summed E-state index contributed by atoms with van der Waals surface area (Å²) in [5.74, 6) is 1.30. The first kappa shape index (κ1) is 17.6. The number of aliphatic imine (C=N–C) groups is 1. The number of benzene rings is 1. The smallest absolute Gasteiger partial charge is 0.193 e. The van der Waals surface area contributed by atoms with Gasteiger partial charge in [-0.15, -0.1) is 0 Å². The molecule has 128 valence electrons. The van der Waals surface area contributed by atoms with Gasteiger partial charge in [-0.25, -0.2) is 0 Å². The molecule has 1 fully saturated rings. The molecule has 23 heavy (non-hydrogen) atoms. The van der Waals surface area contributed by atoms with Crippen LogP contribution in [0, 0.1) is 5.41 Å². The van der Waals surface area contributed by atoms with E-state index in [0.29, 0.717) is 5.96 Å². The topological polar surface area (TPSA) is 68.9 Å². The lowest BCUT2D eigenvalue weighted by Gasteiger charge is -2.27. The second-order valence-corrected chi connectivity index (χ2v) is 6.21. The Hall–Kier alpha value is -1.75. The van der Waals surface area contributed by atoms with E-state index in [1.165, 1.54) is 25.7 Å². The fraction of sp³-hybridized carbons (Fsp3) is 0.611. The van der Waals surface area contributed by atoms with E-state index in [1.807, 2.05) is 31.2 Å². The van der Waals surface area contributed by atoms with Gasteiger partial charge < -0.3 is 20.5 Å². The number of guanidine groups is 1. The standard InChI is InChI=1S/C18H29N3O2/c1-3-23-13-12-18(10-4-5-11-18)14-20-17(19)21-15-6-8-16(22-2)9-7-15/h6-9H,3-5,10-14H2,1-2H3,(H3,19,20,21). The van der Waals surface area contributed by atoms with E-state index in [0.717, 1.165) is 37.6 Å². The molecule has 0 spiro atoms. The molecule has 0 radical (unpaired) electrons. The summed E-state index contributed by atoms with van der Waals surface area (Å²) in [5, 5.41) is 3.14. The van der Waals surface area contributed by atoms with E-state index in [-0.39, 0.29) is 5.41 Å². The van der Waals surface area contributed by atoms with E-state index >= 15 is 0 Å². The summed E-state index contributed by atoms with van der Waals surface area (Å²) in [6.45, 7) is 4.41. The van der Waals surface area contributed by atoms with E-state index < -0.39 is 0 Å². The Morgan fingerprint density at radius 3 is 2.57 bits per heavy atom. The van der Waals surface area contributed by atoms with Crippen molar-refractivity contribution in [3.05, 3.63) is 24.3 Å². The number of hydrogen-bond donors (Lipinski definition) is 2. The minimum atomic E-state index is 0.265. The fourth-order valence-corrected chi connectivity index (χ4v) is 3.16. The van der Waals surface area contributed by atoms with Crippen molar-refractivity contribution in [1.82, 2.24) is 0 Å². The lowest BCUT2D eigenvalue weighted by molar-refractivity contribution is 0.107. The number of anilines is 1. The molecule has 1 aromatic carbocycles. The predicted molar refractivity (Wildman–Crippen MR) is 95.1 cm³/mol. The van der Waals surface area contributed by atoms with E-state index in [4.69, 9.17) is 15.2 Å². The van der Waals surface area contributed by atoms with Crippen LogP contribution >= 0.6 is 0 Å². The summed E-state index contributed by atoms with van der Waals surface area (Å²) in [6.07, 6.45) is 6.08. The second-order valence-electron chi connectivity index (χ2n) is 6.21. The van der Waals surface area contributed by atoms with Crippen LogP contribution in [0.2, 0.25) is 0 Å². The maximum atomic E-state index is 6.04. The molecular weight excluding hydrogens is 290 g/mol. The molecule has 0 saturated heterocycles. The van der Waals surface area contributed by atoms with E-state index in [1.54, 1.807) is 7.11 Å². The van der Waals surface area contributed by atoms with Crippen molar-refractivity contribution in [3.63, 3.8) is 0 Å². The number of methoxy groups -OCH3 is 1. The van der Waals surface area contributed by atoms with Gasteiger partial charge in [0.25, 0.3) is 0 Å². The first-order valence-corrected chi connectivity index (χ1v) is 8.46. The normalized spacial score (nSPS) is 17.2. The lowest BCUT2D eigenvalue weighted by atomic mass is 9.83. The molecule has 1 aromatic rings. The Labute approximate surface area is 139 Å². The average Bonchev–Trinajstić information content (AvgIpc) is 3.03. The number of nitrogens with one attached hydrogen (secondary N) is 1. The summed E-state index contributed by atoms with van der Waals surface area (Å²) >= 11 is 0. The van der Waals surface area contributed by atoms with Crippen molar-refractivity contribution < 1.29 is 9.47 Å². The number of rotatable bonds is 8. The van der Waals surface area contributed by atoms with Crippen molar-refractivity contribution in [2.24, 2.45) is 16.1 Å². The molecule has 1 aliphatic carbocycles. The molecule has 5 heteroatoms. The van der Waals surface area contributed by atoms with Crippen LogP contribution in [-0.4, -0.2) is 32.8 Å². The summed E-state index contributed by atoms with van der Waals surface area (Å²) < 4.78 is 10.7. The second kappa shape index (κ2) is 8.77. The molecule has 2 rings (SSSR count). The largest absolute Gasteiger partial charge is 0.497 e. The van der Waals surface area contributed by atoms with Crippen LogP contribution in [0.4, 0.5) is 5.69 Å². The molecule has 0 atom stereocenters. The molecule has 0 unspecified atom stereocenters. The number of ether oxygens (including phenoxy) is 2. The molecule has 0 aliphatic heterocycles. The third kappa shape index (κ3) is 5.43. The van der Waals surface area contributed by atoms with Gasteiger partial charge in [-0.3, -0.25) is 4.99 Å². The predicted octanol–water partition coefficient (Wildman–Crippen LogP) is 3.41. The summed E-state index contributed by atoms with van der Waals surface area (Å²) in [7, 11) is 1.65. The molecule has 1 aliphatic rings. The maximum absolute atomic E-state index is 6.04. The zero-order chi connectivity index (χ0) is 16.5. The molecule has 1 saturated carbocycles. The molecular formula is C18H29N3O2. The van der Waals surface area contributed by atoms with Crippen LogP contribution in [0.3, 0.4) is 0 Å². The first-order chi connectivity index (χ1) is 11.2. The monoisotopic (exact) mass is 319 g/mol. The van der Waals surface area contributed by atoms with E-state index in [2.05, 4.69) is 10.3 Å². The van der Waals surface area contributed by atoms with Gasteiger partial charge >= 0.3 is 0 Å². The van der Waals surface area contributed by atoms with Crippen molar-refractivity contribution in [1.29, 1.82) is 0 Å². The quantitative estimate of drug-likeness (QED) is 0.438. The van der Waals surface area contributed by atoms with Gasteiger partial charge in [0.05, 0.1) is 7.11 Å². The van der Waals surface area contributed by atoms with Gasteiger partial charge in [0.15, 0.2) is 5.96 Å². The fourth-order valence-electron chi connectivity index (χ4n) is 3.16. The Bertz CT molecular complexity index is 493. The van der Waals surface area contributed by atoms with Gasteiger partial charge in [-0.05, 0) is 55.9 Å². The molecule has 0 bridgehead atoms. The van der Waals surface area contributed by atoms with Crippen molar-refractivity contribution in [2.45, 2.75) is 39.0 Å². The highest BCUT2D eigenvalue weighted by molar-refractivity contribution is 5.92. The highest BCUT2D eigenvalue weighted by Gasteiger charge is 2.33. The summed E-state index contributed by atoms with van der Waals surface area (Å²) in [6, 6.07) is 7.66. The van der Waals surface area contributed by atoms with Crippen molar-refractivity contribution >= 4 is 11.6 Å². The molecule has 0 aromatic heterocycles. The van der Waals surface area contributed by atoms with Crippen LogP contribution in [-0.2, 0) is 4.74 Å². The lowest BCUT2D eigenvalue weighted by Crippen LogP contribution is -2.28. The van der Waals surface area contributed by atoms with Gasteiger partial charge in [0.2, 0.25) is 0 Å². The average molecular weight is 319 g/mol.